The maximum Gasteiger partial charge on any atom is 0.305 e. The van der Waals surface area contributed by atoms with Crippen molar-refractivity contribution in [3.05, 3.63) is 0 Å². The van der Waals surface area contributed by atoms with Crippen molar-refractivity contribution in [1.29, 1.82) is 0 Å². The lowest BCUT2D eigenvalue weighted by Crippen LogP contribution is -2.45. The summed E-state index contributed by atoms with van der Waals surface area (Å²) in [7, 11) is 0. The quantitative estimate of drug-likeness (QED) is 0.603. The molecule has 0 rings (SSSR count). The highest BCUT2D eigenvalue weighted by molar-refractivity contribution is 7.99. The van der Waals surface area contributed by atoms with Crippen LogP contribution < -0.4 is 11.1 Å². The van der Waals surface area contributed by atoms with Gasteiger partial charge in [-0.05, 0) is 20.1 Å². The summed E-state index contributed by atoms with van der Waals surface area (Å²) >= 11 is 1.62. The smallest absolute Gasteiger partial charge is 0.305 e. The monoisotopic (exact) mass is 234 g/mol. The maximum atomic E-state index is 11.3. The van der Waals surface area contributed by atoms with Gasteiger partial charge in [0.15, 0.2) is 0 Å². The summed E-state index contributed by atoms with van der Waals surface area (Å²) < 4.78 is -0.0708. The van der Waals surface area contributed by atoms with Gasteiger partial charge in [0.1, 0.15) is 0 Å². The van der Waals surface area contributed by atoms with Gasteiger partial charge in [0.25, 0.3) is 0 Å². The number of amides is 1. The first-order valence-electron chi connectivity index (χ1n) is 4.59. The van der Waals surface area contributed by atoms with E-state index in [2.05, 4.69) is 5.32 Å². The molecule has 0 heterocycles. The Kier molecular flexibility index (Phi) is 5.67. The first kappa shape index (κ1) is 14.2. The summed E-state index contributed by atoms with van der Waals surface area (Å²) in [5.41, 5.74) is 5.39. The number of carbonyl (C=O) groups excluding carboxylic acids is 1. The van der Waals surface area contributed by atoms with Crippen molar-refractivity contribution in [2.75, 3.05) is 12.8 Å². The Morgan fingerprint density at radius 2 is 2.07 bits per heavy atom. The van der Waals surface area contributed by atoms with E-state index in [1.165, 1.54) is 0 Å². The largest absolute Gasteiger partial charge is 0.481 e. The van der Waals surface area contributed by atoms with E-state index in [-0.39, 0.29) is 11.2 Å². The molecule has 0 bridgehead atoms. The molecule has 0 fully saturated rings. The highest BCUT2D eigenvalue weighted by Gasteiger charge is 2.21. The molecule has 15 heavy (non-hydrogen) atoms. The third-order valence-electron chi connectivity index (χ3n) is 1.97. The van der Waals surface area contributed by atoms with Gasteiger partial charge in [-0.2, -0.15) is 11.8 Å². The van der Waals surface area contributed by atoms with Crippen LogP contribution in [-0.4, -0.2) is 40.6 Å². The fourth-order valence-corrected chi connectivity index (χ4v) is 1.00. The van der Waals surface area contributed by atoms with Crippen LogP contribution in [0.2, 0.25) is 0 Å². The zero-order chi connectivity index (χ0) is 12.1. The SMILES string of the molecule is CSC(C)(C)CNC(=O)C(N)CC(=O)O. The number of rotatable bonds is 6. The molecular formula is C9H18N2O3S. The fourth-order valence-electron chi connectivity index (χ4n) is 0.784. The standard InChI is InChI=1S/C9H18N2O3S/c1-9(2,15-3)5-11-8(14)6(10)4-7(12)13/h6H,4-5,10H2,1-3H3,(H,11,14)(H,12,13). The second-order valence-electron chi connectivity index (χ2n) is 3.89. The molecule has 6 heteroatoms. The van der Waals surface area contributed by atoms with Crippen LogP contribution in [0.1, 0.15) is 20.3 Å². The summed E-state index contributed by atoms with van der Waals surface area (Å²) in [6, 6.07) is -0.972. The Bertz CT molecular complexity index is 244. The number of hydrogen-bond acceptors (Lipinski definition) is 4. The van der Waals surface area contributed by atoms with Crippen molar-refractivity contribution in [1.82, 2.24) is 5.32 Å². The van der Waals surface area contributed by atoms with Crippen molar-refractivity contribution >= 4 is 23.6 Å². The lowest BCUT2D eigenvalue weighted by Gasteiger charge is -2.23. The van der Waals surface area contributed by atoms with E-state index in [9.17, 15) is 9.59 Å². The number of carbonyl (C=O) groups is 2. The van der Waals surface area contributed by atoms with E-state index in [0.717, 1.165) is 0 Å². The summed E-state index contributed by atoms with van der Waals surface area (Å²) in [6.45, 7) is 4.45. The van der Waals surface area contributed by atoms with Crippen LogP contribution in [0.15, 0.2) is 0 Å². The van der Waals surface area contributed by atoms with Gasteiger partial charge < -0.3 is 16.2 Å². The highest BCUT2D eigenvalue weighted by atomic mass is 32.2. The summed E-state index contributed by atoms with van der Waals surface area (Å²) in [5, 5.41) is 11.1. The van der Waals surface area contributed by atoms with Crippen molar-refractivity contribution in [2.45, 2.75) is 31.1 Å². The predicted molar refractivity (Wildman–Crippen MR) is 60.8 cm³/mol. The Morgan fingerprint density at radius 3 is 2.47 bits per heavy atom. The Labute approximate surface area is 93.8 Å². The van der Waals surface area contributed by atoms with Gasteiger partial charge in [-0.15, -0.1) is 0 Å². The van der Waals surface area contributed by atoms with Gasteiger partial charge in [-0.25, -0.2) is 0 Å². The van der Waals surface area contributed by atoms with E-state index in [4.69, 9.17) is 10.8 Å². The molecule has 0 saturated carbocycles. The molecule has 0 spiro atoms. The molecule has 0 aliphatic carbocycles. The van der Waals surface area contributed by atoms with Crippen molar-refractivity contribution in [3.63, 3.8) is 0 Å². The number of aliphatic carboxylic acids is 1. The molecule has 1 atom stereocenters. The van der Waals surface area contributed by atoms with Crippen LogP contribution in [0, 0.1) is 0 Å². The number of nitrogens with two attached hydrogens (primary N) is 1. The van der Waals surface area contributed by atoms with Crippen LogP contribution in [-0.2, 0) is 9.59 Å². The summed E-state index contributed by atoms with van der Waals surface area (Å²) in [6.07, 6.45) is 1.61. The van der Waals surface area contributed by atoms with Gasteiger partial charge in [-0.1, -0.05) is 0 Å². The summed E-state index contributed by atoms with van der Waals surface area (Å²) in [4.78, 5) is 21.6. The number of carboxylic acids is 1. The minimum absolute atomic E-state index is 0.0708. The Balaban J connectivity index is 3.98. The molecule has 0 saturated heterocycles. The second kappa shape index (κ2) is 5.97. The molecule has 88 valence electrons. The van der Waals surface area contributed by atoms with Crippen LogP contribution in [0.3, 0.4) is 0 Å². The minimum Gasteiger partial charge on any atom is -0.481 e. The lowest BCUT2D eigenvalue weighted by molar-refractivity contribution is -0.139. The molecule has 0 radical (unpaired) electrons. The topological polar surface area (TPSA) is 92.4 Å². The van der Waals surface area contributed by atoms with E-state index in [1.54, 1.807) is 11.8 Å². The average molecular weight is 234 g/mol. The highest BCUT2D eigenvalue weighted by Crippen LogP contribution is 2.19. The zero-order valence-corrected chi connectivity index (χ0v) is 10.1. The second-order valence-corrected chi connectivity index (χ2v) is 5.40. The first-order valence-corrected chi connectivity index (χ1v) is 5.81. The van der Waals surface area contributed by atoms with Crippen LogP contribution in [0.4, 0.5) is 0 Å². The third-order valence-corrected chi connectivity index (χ3v) is 3.22. The minimum atomic E-state index is -1.07. The molecule has 0 aliphatic heterocycles. The predicted octanol–water partition coefficient (Wildman–Crippen LogP) is 0.0462. The van der Waals surface area contributed by atoms with Gasteiger partial charge in [0, 0.05) is 11.3 Å². The number of thioether (sulfide) groups is 1. The molecule has 0 aromatic carbocycles. The normalized spacial score (nSPS) is 13.3. The molecule has 0 aromatic heterocycles. The number of carboxylic acid groups (broad SMARTS) is 1. The van der Waals surface area contributed by atoms with Crippen molar-refractivity contribution in [2.24, 2.45) is 5.73 Å². The van der Waals surface area contributed by atoms with E-state index >= 15 is 0 Å². The Morgan fingerprint density at radius 1 is 1.53 bits per heavy atom. The average Bonchev–Trinajstić information content (AvgIpc) is 2.13. The first-order chi connectivity index (χ1) is 6.78. The van der Waals surface area contributed by atoms with Gasteiger partial charge in [0.05, 0.1) is 12.5 Å². The molecule has 1 unspecified atom stereocenters. The van der Waals surface area contributed by atoms with E-state index in [0.29, 0.717) is 6.54 Å². The third kappa shape index (κ3) is 6.35. The van der Waals surface area contributed by atoms with Gasteiger partial charge in [0.2, 0.25) is 5.91 Å². The van der Waals surface area contributed by atoms with Gasteiger partial charge in [-0.3, -0.25) is 9.59 Å². The van der Waals surface area contributed by atoms with Crippen LogP contribution >= 0.6 is 11.8 Å². The molecule has 0 aromatic rings. The van der Waals surface area contributed by atoms with Crippen LogP contribution in [0.25, 0.3) is 0 Å². The fraction of sp³-hybridized carbons (Fsp3) is 0.778. The number of nitrogens with one attached hydrogen (secondary N) is 1. The van der Waals surface area contributed by atoms with Crippen molar-refractivity contribution < 1.29 is 14.7 Å². The molecule has 4 N–H and O–H groups in total. The number of hydrogen-bond donors (Lipinski definition) is 3. The van der Waals surface area contributed by atoms with Crippen molar-refractivity contribution in [3.8, 4) is 0 Å². The summed E-state index contributed by atoms with van der Waals surface area (Å²) in [5.74, 6) is -1.48. The zero-order valence-electron chi connectivity index (χ0n) is 9.24. The molecular weight excluding hydrogens is 216 g/mol. The maximum absolute atomic E-state index is 11.3. The molecule has 5 nitrogen and oxygen atoms in total. The molecule has 0 aliphatic rings. The lowest BCUT2D eigenvalue weighted by atomic mass is 10.1. The van der Waals surface area contributed by atoms with Gasteiger partial charge >= 0.3 is 5.97 Å². The van der Waals surface area contributed by atoms with E-state index < -0.39 is 17.9 Å². The van der Waals surface area contributed by atoms with Crippen LogP contribution in [0.5, 0.6) is 0 Å². The Hall–Kier alpha value is -0.750. The van der Waals surface area contributed by atoms with E-state index in [1.807, 2.05) is 20.1 Å². The molecule has 1 amide bonds.